The zero-order chi connectivity index (χ0) is 25.7. The monoisotopic (exact) mass is 487 g/mol. The minimum absolute atomic E-state index is 0.600. The van der Waals surface area contributed by atoms with Crippen molar-refractivity contribution >= 4 is 0 Å². The molecule has 0 aliphatic carbocycles. The third kappa shape index (κ3) is 4.79. The molecule has 0 aliphatic rings. The predicted octanol–water partition coefficient (Wildman–Crippen LogP) is 7.47. The molecule has 3 heterocycles. The molecule has 6 rings (SSSR count). The van der Waals surface area contributed by atoms with Crippen LogP contribution in [0.1, 0.15) is 5.56 Å². The Kier molecular flexibility index (Phi) is 6.20. The van der Waals surface area contributed by atoms with E-state index in [-0.39, 0.29) is 0 Å². The summed E-state index contributed by atoms with van der Waals surface area (Å²) in [7, 11) is 0. The fourth-order valence-corrected chi connectivity index (χ4v) is 4.32. The summed E-state index contributed by atoms with van der Waals surface area (Å²) >= 11 is 0. The van der Waals surface area contributed by atoms with Gasteiger partial charge in [0.15, 0.2) is 5.82 Å². The molecule has 0 N–H and O–H groups in total. The van der Waals surface area contributed by atoms with Gasteiger partial charge < -0.3 is 0 Å². The Morgan fingerprint density at radius 1 is 0.421 bits per heavy atom. The number of benzene rings is 3. The number of rotatable bonds is 5. The van der Waals surface area contributed by atoms with Gasteiger partial charge in [-0.25, -0.2) is 9.97 Å². The highest BCUT2D eigenvalue weighted by molar-refractivity contribution is 5.75. The molecule has 0 aliphatic heterocycles. The van der Waals surface area contributed by atoms with Crippen LogP contribution in [-0.4, -0.2) is 19.9 Å². The van der Waals surface area contributed by atoms with Crippen LogP contribution in [0.4, 0.5) is 0 Å². The number of pyridine rings is 2. The Hall–Kier alpha value is -5.47. The number of hydrogen-bond donors (Lipinski definition) is 0. The van der Waals surface area contributed by atoms with E-state index in [1.54, 1.807) is 36.9 Å². The van der Waals surface area contributed by atoms with E-state index in [0.29, 0.717) is 11.4 Å². The molecule has 5 nitrogen and oxygen atoms in total. The molecule has 0 unspecified atom stereocenters. The number of hydrogen-bond acceptors (Lipinski definition) is 5. The molecule has 38 heavy (non-hydrogen) atoms. The van der Waals surface area contributed by atoms with E-state index in [4.69, 9.17) is 9.97 Å². The summed E-state index contributed by atoms with van der Waals surface area (Å²) in [4.78, 5) is 18.0. The van der Waals surface area contributed by atoms with Gasteiger partial charge in [-0.3, -0.25) is 9.97 Å². The summed E-state index contributed by atoms with van der Waals surface area (Å²) in [5.74, 6) is 0.610. The smallest absolute Gasteiger partial charge is 0.160 e. The molecule has 0 saturated heterocycles. The van der Waals surface area contributed by atoms with Crippen molar-refractivity contribution in [3.63, 3.8) is 0 Å². The van der Waals surface area contributed by atoms with E-state index >= 15 is 0 Å². The molecule has 3 aromatic carbocycles. The van der Waals surface area contributed by atoms with Crippen molar-refractivity contribution in [1.29, 1.82) is 5.26 Å². The second-order valence-corrected chi connectivity index (χ2v) is 8.78. The van der Waals surface area contributed by atoms with Gasteiger partial charge in [0.2, 0.25) is 0 Å². The predicted molar refractivity (Wildman–Crippen MR) is 150 cm³/mol. The Bertz CT molecular complexity index is 1620. The molecule has 0 radical (unpaired) electrons. The second kappa shape index (κ2) is 10.3. The quantitative estimate of drug-likeness (QED) is 0.252. The van der Waals surface area contributed by atoms with Crippen LogP contribution in [0.3, 0.4) is 0 Å². The van der Waals surface area contributed by atoms with E-state index < -0.39 is 0 Å². The zero-order valence-corrected chi connectivity index (χ0v) is 20.4. The molecule has 0 fully saturated rings. The van der Waals surface area contributed by atoms with Crippen LogP contribution in [0.15, 0.2) is 128 Å². The molecule has 0 bridgehead atoms. The molecule has 0 amide bonds. The first-order valence-corrected chi connectivity index (χ1v) is 12.2. The van der Waals surface area contributed by atoms with Gasteiger partial charge in [0.25, 0.3) is 0 Å². The van der Waals surface area contributed by atoms with Crippen LogP contribution in [0, 0.1) is 11.3 Å². The minimum Gasteiger partial charge on any atom is -0.265 e. The van der Waals surface area contributed by atoms with Crippen molar-refractivity contribution in [2.24, 2.45) is 0 Å². The van der Waals surface area contributed by atoms with Gasteiger partial charge >= 0.3 is 0 Å². The van der Waals surface area contributed by atoms with Crippen molar-refractivity contribution in [3.05, 3.63) is 133 Å². The van der Waals surface area contributed by atoms with Crippen molar-refractivity contribution < 1.29 is 0 Å². The first kappa shape index (κ1) is 23.0. The number of aromatic nitrogens is 4. The van der Waals surface area contributed by atoms with E-state index in [9.17, 15) is 5.26 Å². The Morgan fingerprint density at radius 3 is 1.21 bits per heavy atom. The molecule has 5 heteroatoms. The Morgan fingerprint density at radius 2 is 0.789 bits per heavy atom. The van der Waals surface area contributed by atoms with Crippen LogP contribution in [-0.2, 0) is 0 Å². The summed E-state index contributed by atoms with van der Waals surface area (Å²) in [6.45, 7) is 0. The van der Waals surface area contributed by atoms with Crippen LogP contribution < -0.4 is 0 Å². The molecular weight excluding hydrogens is 466 g/mol. The normalized spacial score (nSPS) is 10.6. The first-order chi connectivity index (χ1) is 18.8. The fourth-order valence-electron chi connectivity index (χ4n) is 4.32. The highest BCUT2D eigenvalue weighted by atomic mass is 14.9. The second-order valence-electron chi connectivity index (χ2n) is 8.78. The third-order valence-corrected chi connectivity index (χ3v) is 6.39. The van der Waals surface area contributed by atoms with Gasteiger partial charge in [0.1, 0.15) is 0 Å². The number of nitrogens with zero attached hydrogens (tertiary/aromatic N) is 5. The van der Waals surface area contributed by atoms with E-state index in [0.717, 1.165) is 50.3 Å². The van der Waals surface area contributed by atoms with Gasteiger partial charge in [-0.2, -0.15) is 5.26 Å². The Labute approximate surface area is 220 Å². The Balaban J connectivity index is 1.42. The van der Waals surface area contributed by atoms with Gasteiger partial charge in [-0.1, -0.05) is 48.5 Å². The van der Waals surface area contributed by atoms with Crippen molar-refractivity contribution in [1.82, 2.24) is 19.9 Å². The topological polar surface area (TPSA) is 75.3 Å². The summed E-state index contributed by atoms with van der Waals surface area (Å²) in [5, 5.41) is 9.21. The van der Waals surface area contributed by atoms with Crippen LogP contribution >= 0.6 is 0 Å². The molecule has 6 aromatic rings. The maximum atomic E-state index is 9.21. The molecule has 0 spiro atoms. The number of nitriles is 1. The van der Waals surface area contributed by atoms with E-state index in [1.807, 2.05) is 42.5 Å². The van der Waals surface area contributed by atoms with Crippen LogP contribution in [0.25, 0.3) is 56.2 Å². The lowest BCUT2D eigenvalue weighted by Crippen LogP contribution is -1.96. The summed E-state index contributed by atoms with van der Waals surface area (Å²) in [5.41, 5.74) is 9.56. The van der Waals surface area contributed by atoms with E-state index in [2.05, 4.69) is 64.6 Å². The average molecular weight is 488 g/mol. The maximum Gasteiger partial charge on any atom is 0.160 e. The van der Waals surface area contributed by atoms with Crippen LogP contribution in [0.5, 0.6) is 0 Å². The zero-order valence-electron chi connectivity index (χ0n) is 20.4. The first-order valence-electron chi connectivity index (χ1n) is 12.2. The minimum atomic E-state index is 0.600. The standard InChI is InChI=1S/C33H21N5/c34-22-23-1-3-30(4-2-23)33-37-31(28-9-5-24(6-10-28)26-13-17-35-18-14-26)21-32(38-33)29-11-7-25(8-12-29)27-15-19-36-20-16-27/h1-21H. The molecule has 0 atom stereocenters. The SMILES string of the molecule is N#Cc1ccc(-c2nc(-c3ccc(-c4ccncc4)cc3)cc(-c3ccc(-c4ccncc4)cc3)n2)cc1. The molecular formula is C33H21N5. The molecule has 178 valence electrons. The largest absolute Gasteiger partial charge is 0.265 e. The lowest BCUT2D eigenvalue weighted by Gasteiger charge is -2.11. The highest BCUT2D eigenvalue weighted by Crippen LogP contribution is 2.30. The fraction of sp³-hybridized carbons (Fsp3) is 0. The van der Waals surface area contributed by atoms with Crippen molar-refractivity contribution in [2.75, 3.05) is 0 Å². The summed E-state index contributed by atoms with van der Waals surface area (Å²) in [6, 6.07) is 36.2. The van der Waals surface area contributed by atoms with Gasteiger partial charge in [-0.05, 0) is 76.9 Å². The average Bonchev–Trinajstić information content (AvgIpc) is 3.02. The lowest BCUT2D eigenvalue weighted by molar-refractivity contribution is 1.18. The maximum absolute atomic E-state index is 9.21. The highest BCUT2D eigenvalue weighted by Gasteiger charge is 2.12. The van der Waals surface area contributed by atoms with Gasteiger partial charge in [-0.15, -0.1) is 0 Å². The van der Waals surface area contributed by atoms with Crippen molar-refractivity contribution in [3.8, 4) is 62.2 Å². The summed E-state index contributed by atoms with van der Waals surface area (Å²) < 4.78 is 0. The van der Waals surface area contributed by atoms with Gasteiger partial charge in [0.05, 0.1) is 23.0 Å². The van der Waals surface area contributed by atoms with Crippen LogP contribution in [0.2, 0.25) is 0 Å². The van der Waals surface area contributed by atoms with Gasteiger partial charge in [0, 0.05) is 41.5 Å². The molecule has 3 aromatic heterocycles. The lowest BCUT2D eigenvalue weighted by atomic mass is 10.0. The van der Waals surface area contributed by atoms with E-state index in [1.165, 1.54) is 0 Å². The van der Waals surface area contributed by atoms with Crippen molar-refractivity contribution in [2.45, 2.75) is 0 Å². The molecule has 0 saturated carbocycles. The summed E-state index contributed by atoms with van der Waals surface area (Å²) in [6.07, 6.45) is 7.18. The third-order valence-electron chi connectivity index (χ3n) is 6.39.